The lowest BCUT2D eigenvalue weighted by molar-refractivity contribution is 0.355. The molecule has 0 aromatic heterocycles. The van der Waals surface area contributed by atoms with E-state index in [4.69, 9.17) is 0 Å². The van der Waals surface area contributed by atoms with Gasteiger partial charge in [0.15, 0.2) is 0 Å². The van der Waals surface area contributed by atoms with Crippen LogP contribution in [-0.2, 0) is 0 Å². The topological polar surface area (TPSA) is 3.24 Å². The maximum atomic E-state index is 2.56. The molecule has 1 heterocycles. The molecule has 0 saturated carbocycles. The van der Waals surface area contributed by atoms with Crippen molar-refractivity contribution in [1.29, 1.82) is 0 Å². The van der Waals surface area contributed by atoms with E-state index < -0.39 is 0 Å². The summed E-state index contributed by atoms with van der Waals surface area (Å²) in [5, 5.41) is 0. The maximum Gasteiger partial charge on any atom is 0.0237 e. The van der Waals surface area contributed by atoms with Gasteiger partial charge in [0.1, 0.15) is 0 Å². The van der Waals surface area contributed by atoms with Crippen LogP contribution in [-0.4, -0.2) is 29.0 Å². The van der Waals surface area contributed by atoms with Crippen LogP contribution >= 0.6 is 22.6 Å². The first-order chi connectivity index (χ1) is 4.29. The zero-order valence-corrected chi connectivity index (χ0v) is 8.10. The SMILES string of the molecule is CN1CCCC[C@@H](I)C1. The summed E-state index contributed by atoms with van der Waals surface area (Å²) >= 11 is 2.56. The molecule has 1 nitrogen and oxygen atoms in total. The molecule has 1 aliphatic rings. The predicted octanol–water partition coefficient (Wildman–Crippen LogP) is 1.91. The van der Waals surface area contributed by atoms with Gasteiger partial charge in [-0.05, 0) is 26.4 Å². The van der Waals surface area contributed by atoms with E-state index >= 15 is 0 Å². The monoisotopic (exact) mass is 239 g/mol. The van der Waals surface area contributed by atoms with Crippen LogP contribution in [0.4, 0.5) is 0 Å². The molecule has 0 radical (unpaired) electrons. The zero-order valence-electron chi connectivity index (χ0n) is 5.94. The number of nitrogens with zero attached hydrogens (tertiary/aromatic N) is 1. The lowest BCUT2D eigenvalue weighted by atomic mass is 10.2. The van der Waals surface area contributed by atoms with Crippen molar-refractivity contribution in [3.8, 4) is 0 Å². The highest BCUT2D eigenvalue weighted by Crippen LogP contribution is 2.15. The van der Waals surface area contributed by atoms with Crippen LogP contribution in [0.15, 0.2) is 0 Å². The van der Waals surface area contributed by atoms with E-state index in [1.165, 1.54) is 32.4 Å². The minimum absolute atomic E-state index is 0.898. The van der Waals surface area contributed by atoms with E-state index in [0.717, 1.165) is 3.92 Å². The summed E-state index contributed by atoms with van der Waals surface area (Å²) < 4.78 is 0.898. The summed E-state index contributed by atoms with van der Waals surface area (Å²) in [4.78, 5) is 2.43. The number of rotatable bonds is 0. The Morgan fingerprint density at radius 2 is 2.22 bits per heavy atom. The van der Waals surface area contributed by atoms with Gasteiger partial charge in [0.25, 0.3) is 0 Å². The second-order valence-corrected chi connectivity index (χ2v) is 4.62. The first-order valence-electron chi connectivity index (χ1n) is 3.61. The molecule has 1 aliphatic heterocycles. The molecular weight excluding hydrogens is 225 g/mol. The Kier molecular flexibility index (Phi) is 3.26. The zero-order chi connectivity index (χ0) is 6.69. The van der Waals surface area contributed by atoms with Gasteiger partial charge in [0.05, 0.1) is 0 Å². The van der Waals surface area contributed by atoms with Gasteiger partial charge in [-0.25, -0.2) is 0 Å². The summed E-state index contributed by atoms with van der Waals surface area (Å²) in [7, 11) is 2.22. The van der Waals surface area contributed by atoms with Crippen molar-refractivity contribution in [1.82, 2.24) is 4.90 Å². The molecule has 9 heavy (non-hydrogen) atoms. The van der Waals surface area contributed by atoms with Gasteiger partial charge in [0.2, 0.25) is 0 Å². The Labute approximate surface area is 70.9 Å². The summed E-state index contributed by atoms with van der Waals surface area (Å²) in [6.45, 7) is 2.60. The average Bonchev–Trinajstić information content (AvgIpc) is 1.93. The summed E-state index contributed by atoms with van der Waals surface area (Å²) in [6.07, 6.45) is 4.25. The highest BCUT2D eigenvalue weighted by Gasteiger charge is 2.11. The third-order valence-electron chi connectivity index (χ3n) is 1.82. The highest BCUT2D eigenvalue weighted by atomic mass is 127. The Morgan fingerprint density at radius 3 is 3.00 bits per heavy atom. The van der Waals surface area contributed by atoms with Crippen LogP contribution in [0.5, 0.6) is 0 Å². The molecule has 1 rings (SSSR count). The van der Waals surface area contributed by atoms with Gasteiger partial charge in [-0.1, -0.05) is 29.0 Å². The summed E-state index contributed by atoms with van der Waals surface area (Å²) in [5.41, 5.74) is 0. The lowest BCUT2D eigenvalue weighted by Gasteiger charge is -2.14. The van der Waals surface area contributed by atoms with Crippen molar-refractivity contribution in [3.63, 3.8) is 0 Å². The molecule has 0 aromatic carbocycles. The van der Waals surface area contributed by atoms with Crippen molar-refractivity contribution in [3.05, 3.63) is 0 Å². The molecule has 1 atom stereocenters. The fourth-order valence-corrected chi connectivity index (χ4v) is 2.38. The third kappa shape index (κ3) is 2.85. The minimum Gasteiger partial charge on any atom is -0.305 e. The standard InChI is InChI=1S/C7H14IN/c1-9-5-3-2-4-7(8)6-9/h7H,2-6H2,1H3/t7-/m1/s1. The second kappa shape index (κ2) is 3.76. The molecule has 0 aromatic rings. The van der Waals surface area contributed by atoms with Gasteiger partial charge >= 0.3 is 0 Å². The summed E-state index contributed by atoms with van der Waals surface area (Å²) in [5.74, 6) is 0. The number of hydrogen-bond acceptors (Lipinski definition) is 1. The van der Waals surface area contributed by atoms with Crippen LogP contribution in [0.1, 0.15) is 19.3 Å². The Hall–Kier alpha value is 0.690. The fraction of sp³-hybridized carbons (Fsp3) is 1.00. The van der Waals surface area contributed by atoms with E-state index in [0.29, 0.717) is 0 Å². The molecule has 0 amide bonds. The molecule has 0 unspecified atom stereocenters. The predicted molar refractivity (Wildman–Crippen MR) is 49.2 cm³/mol. The first-order valence-corrected chi connectivity index (χ1v) is 4.86. The summed E-state index contributed by atoms with van der Waals surface area (Å²) in [6, 6.07) is 0. The molecule has 0 spiro atoms. The maximum absolute atomic E-state index is 2.56. The van der Waals surface area contributed by atoms with Crippen LogP contribution in [0.25, 0.3) is 0 Å². The lowest BCUT2D eigenvalue weighted by Crippen LogP contribution is -2.23. The van der Waals surface area contributed by atoms with Crippen LogP contribution < -0.4 is 0 Å². The van der Waals surface area contributed by atoms with Gasteiger partial charge in [-0.3, -0.25) is 0 Å². The van der Waals surface area contributed by atoms with E-state index in [9.17, 15) is 0 Å². The molecule has 1 fully saturated rings. The first kappa shape index (κ1) is 7.79. The van der Waals surface area contributed by atoms with Gasteiger partial charge in [0, 0.05) is 10.5 Å². The van der Waals surface area contributed by atoms with E-state index in [2.05, 4.69) is 34.5 Å². The minimum atomic E-state index is 0.898. The number of halogens is 1. The van der Waals surface area contributed by atoms with Crippen LogP contribution in [0.3, 0.4) is 0 Å². The molecule has 0 aliphatic carbocycles. The molecule has 1 saturated heterocycles. The normalized spacial score (nSPS) is 32.0. The van der Waals surface area contributed by atoms with Gasteiger partial charge in [-0.15, -0.1) is 0 Å². The van der Waals surface area contributed by atoms with Crippen LogP contribution in [0.2, 0.25) is 0 Å². The largest absolute Gasteiger partial charge is 0.305 e. The van der Waals surface area contributed by atoms with Gasteiger partial charge < -0.3 is 4.90 Å². The molecule has 54 valence electrons. The third-order valence-corrected chi connectivity index (χ3v) is 2.83. The molecular formula is C7H14IN. The van der Waals surface area contributed by atoms with Crippen molar-refractivity contribution in [2.24, 2.45) is 0 Å². The van der Waals surface area contributed by atoms with Crippen molar-refractivity contribution in [2.75, 3.05) is 20.1 Å². The van der Waals surface area contributed by atoms with Crippen LogP contribution in [0, 0.1) is 0 Å². The molecule has 2 heteroatoms. The highest BCUT2D eigenvalue weighted by molar-refractivity contribution is 14.1. The number of hydrogen-bond donors (Lipinski definition) is 0. The van der Waals surface area contributed by atoms with Crippen molar-refractivity contribution in [2.45, 2.75) is 23.2 Å². The molecule has 0 bridgehead atoms. The van der Waals surface area contributed by atoms with E-state index in [1.54, 1.807) is 0 Å². The second-order valence-electron chi connectivity index (χ2n) is 2.86. The smallest absolute Gasteiger partial charge is 0.0237 e. The average molecular weight is 239 g/mol. The Balaban J connectivity index is 2.29. The fourth-order valence-electron chi connectivity index (χ4n) is 1.27. The van der Waals surface area contributed by atoms with E-state index in [1.807, 2.05) is 0 Å². The molecule has 0 N–H and O–H groups in total. The Morgan fingerprint density at radius 1 is 1.44 bits per heavy atom. The van der Waals surface area contributed by atoms with Crippen molar-refractivity contribution < 1.29 is 0 Å². The van der Waals surface area contributed by atoms with Crippen molar-refractivity contribution >= 4 is 22.6 Å². The Bertz CT molecular complexity index is 75.0. The number of likely N-dealkylation sites (tertiary alicyclic amines) is 1. The van der Waals surface area contributed by atoms with E-state index in [-0.39, 0.29) is 0 Å². The quantitative estimate of drug-likeness (QED) is 0.461. The van der Waals surface area contributed by atoms with Gasteiger partial charge in [-0.2, -0.15) is 0 Å². The number of alkyl halides is 1.